The normalized spacial score (nSPS) is 22.3. The van der Waals surface area contributed by atoms with Gasteiger partial charge in [0.05, 0.1) is 6.54 Å². The second-order valence-corrected chi connectivity index (χ2v) is 7.70. The molecule has 1 spiro atoms. The smallest absolute Gasteiger partial charge is 0.417 e. The third kappa shape index (κ3) is 3.38. The Morgan fingerprint density at radius 3 is 2.46 bits per heavy atom. The number of likely N-dealkylation sites (tertiary alicyclic amines) is 2. The Morgan fingerprint density at radius 1 is 1.15 bits per heavy atom. The first-order chi connectivity index (χ1) is 12.2. The lowest BCUT2D eigenvalue weighted by atomic mass is 9.86. The van der Waals surface area contributed by atoms with Gasteiger partial charge in [-0.15, -0.1) is 0 Å². The Labute approximate surface area is 152 Å². The van der Waals surface area contributed by atoms with Gasteiger partial charge >= 0.3 is 12.2 Å². The number of hydrogen-bond donors (Lipinski definition) is 0. The van der Waals surface area contributed by atoms with Gasteiger partial charge in [0, 0.05) is 6.54 Å². The van der Waals surface area contributed by atoms with Gasteiger partial charge in [-0.1, -0.05) is 30.3 Å². The number of hydrogen-bond acceptors (Lipinski definition) is 5. The van der Waals surface area contributed by atoms with Gasteiger partial charge in [-0.3, -0.25) is 9.69 Å². The van der Waals surface area contributed by atoms with Crippen molar-refractivity contribution < 1.29 is 23.9 Å². The van der Waals surface area contributed by atoms with Gasteiger partial charge in [0.2, 0.25) is 0 Å². The molecule has 1 atom stereocenters. The lowest BCUT2D eigenvalue weighted by molar-refractivity contribution is -0.157. The van der Waals surface area contributed by atoms with Gasteiger partial charge in [-0.05, 0) is 39.2 Å². The van der Waals surface area contributed by atoms with Crippen LogP contribution in [0.15, 0.2) is 30.3 Å². The van der Waals surface area contributed by atoms with Crippen LogP contribution in [0, 0.1) is 0 Å². The predicted octanol–water partition coefficient (Wildman–Crippen LogP) is 2.94. The molecule has 0 bridgehead atoms. The van der Waals surface area contributed by atoms with Crippen LogP contribution in [0.2, 0.25) is 0 Å². The van der Waals surface area contributed by atoms with E-state index in [1.807, 2.05) is 30.3 Å². The molecule has 3 amide bonds. The number of rotatable bonds is 2. The molecule has 26 heavy (non-hydrogen) atoms. The van der Waals surface area contributed by atoms with E-state index in [1.54, 1.807) is 20.8 Å². The summed E-state index contributed by atoms with van der Waals surface area (Å²) < 4.78 is 10.6. The summed E-state index contributed by atoms with van der Waals surface area (Å²) in [4.78, 5) is 39.8. The van der Waals surface area contributed by atoms with Gasteiger partial charge in [0.25, 0.3) is 5.91 Å². The third-order valence-electron chi connectivity index (χ3n) is 4.59. The zero-order valence-corrected chi connectivity index (χ0v) is 15.4. The lowest BCUT2D eigenvalue weighted by Gasteiger charge is -2.49. The largest absolute Gasteiger partial charge is 0.445 e. The molecule has 1 aromatic carbocycles. The highest BCUT2D eigenvalue weighted by molar-refractivity contribution is 6.05. The zero-order valence-electron chi connectivity index (χ0n) is 15.4. The molecule has 7 heteroatoms. The molecular weight excluding hydrogens is 336 g/mol. The van der Waals surface area contributed by atoms with Gasteiger partial charge in [0.1, 0.15) is 17.7 Å². The van der Waals surface area contributed by atoms with Crippen LogP contribution in [0.3, 0.4) is 0 Å². The second kappa shape index (κ2) is 6.63. The molecule has 7 nitrogen and oxygen atoms in total. The van der Waals surface area contributed by atoms with Crippen LogP contribution in [-0.2, 0) is 20.9 Å². The molecule has 2 aliphatic heterocycles. The molecule has 0 saturated carbocycles. The summed E-state index contributed by atoms with van der Waals surface area (Å²) in [6, 6.07) is 9.36. The molecule has 140 valence electrons. The van der Waals surface area contributed by atoms with E-state index in [0.29, 0.717) is 19.4 Å². The first-order valence-electron chi connectivity index (χ1n) is 8.76. The Morgan fingerprint density at radius 2 is 1.85 bits per heavy atom. The number of carbonyl (C=O) groups excluding carboxylic acids is 3. The molecule has 0 radical (unpaired) electrons. The Bertz CT molecular complexity index is 712. The van der Waals surface area contributed by atoms with E-state index in [4.69, 9.17) is 9.47 Å². The van der Waals surface area contributed by atoms with Crippen LogP contribution in [0.25, 0.3) is 0 Å². The Hall–Kier alpha value is -2.57. The number of nitrogens with zero attached hydrogens (tertiary/aromatic N) is 2. The fourth-order valence-corrected chi connectivity index (χ4v) is 3.35. The molecule has 1 aromatic rings. The second-order valence-electron chi connectivity index (χ2n) is 7.70. The number of carbonyl (C=O) groups is 3. The molecule has 0 aromatic heterocycles. The van der Waals surface area contributed by atoms with Gasteiger partial charge in [-0.2, -0.15) is 0 Å². The number of ether oxygens (including phenoxy) is 2. The SMILES string of the molecule is CC(C)(C)OC(=O)N1CC2(CCCN2C(=O)OCc2ccccc2)C1=O. The third-order valence-corrected chi connectivity index (χ3v) is 4.59. The van der Waals surface area contributed by atoms with Gasteiger partial charge in [0.15, 0.2) is 0 Å². The van der Waals surface area contributed by atoms with Crippen LogP contribution in [0.4, 0.5) is 9.59 Å². The Kier molecular flexibility index (Phi) is 4.64. The summed E-state index contributed by atoms with van der Waals surface area (Å²) in [6.45, 7) is 5.98. The van der Waals surface area contributed by atoms with E-state index in [0.717, 1.165) is 10.5 Å². The molecule has 1 unspecified atom stereocenters. The van der Waals surface area contributed by atoms with Crippen LogP contribution in [0.1, 0.15) is 39.2 Å². The average Bonchev–Trinajstić information content (AvgIpc) is 3.03. The molecule has 2 heterocycles. The summed E-state index contributed by atoms with van der Waals surface area (Å²) in [5.41, 5.74) is -0.765. The van der Waals surface area contributed by atoms with Gasteiger partial charge in [-0.25, -0.2) is 14.5 Å². The molecule has 3 rings (SSSR count). The molecule has 0 aliphatic carbocycles. The monoisotopic (exact) mass is 360 g/mol. The zero-order chi connectivity index (χ0) is 18.9. The highest BCUT2D eigenvalue weighted by atomic mass is 16.6. The minimum Gasteiger partial charge on any atom is -0.445 e. The van der Waals surface area contributed by atoms with E-state index < -0.39 is 23.3 Å². The van der Waals surface area contributed by atoms with Crippen LogP contribution < -0.4 is 0 Å². The first kappa shape index (κ1) is 18.2. The summed E-state index contributed by atoms with van der Waals surface area (Å²) in [7, 11) is 0. The topological polar surface area (TPSA) is 76.2 Å². The van der Waals surface area contributed by atoms with E-state index >= 15 is 0 Å². The number of imide groups is 1. The maximum Gasteiger partial charge on any atom is 0.417 e. The van der Waals surface area contributed by atoms with E-state index in [2.05, 4.69) is 0 Å². The molecule has 2 fully saturated rings. The summed E-state index contributed by atoms with van der Waals surface area (Å²) in [5, 5.41) is 0. The number of amides is 3. The minimum atomic E-state index is -0.968. The van der Waals surface area contributed by atoms with Crippen molar-refractivity contribution in [3.63, 3.8) is 0 Å². The molecular formula is C19H24N2O5. The highest BCUT2D eigenvalue weighted by Crippen LogP contribution is 2.40. The standard InChI is InChI=1S/C19H24N2O5/c1-18(2,3)26-16(23)20-13-19(15(20)22)10-7-11-21(19)17(24)25-12-14-8-5-4-6-9-14/h4-6,8-9H,7,10-13H2,1-3H3. The van der Waals surface area contributed by atoms with E-state index in [9.17, 15) is 14.4 Å². The van der Waals surface area contributed by atoms with Gasteiger partial charge < -0.3 is 9.47 Å². The fourth-order valence-electron chi connectivity index (χ4n) is 3.35. The van der Waals surface area contributed by atoms with Crippen molar-refractivity contribution in [1.29, 1.82) is 0 Å². The van der Waals surface area contributed by atoms with Crippen molar-refractivity contribution in [2.24, 2.45) is 0 Å². The molecule has 0 N–H and O–H groups in total. The number of β-lactam (4-membered cyclic amide) rings is 1. The van der Waals surface area contributed by atoms with Crippen molar-refractivity contribution in [2.75, 3.05) is 13.1 Å². The predicted molar refractivity (Wildman–Crippen MR) is 93.2 cm³/mol. The van der Waals surface area contributed by atoms with Crippen molar-refractivity contribution in [3.8, 4) is 0 Å². The maximum atomic E-state index is 12.7. The first-order valence-corrected chi connectivity index (χ1v) is 8.76. The van der Waals surface area contributed by atoms with Crippen LogP contribution in [0.5, 0.6) is 0 Å². The van der Waals surface area contributed by atoms with E-state index in [1.165, 1.54) is 4.90 Å². The molecule has 2 saturated heterocycles. The fraction of sp³-hybridized carbons (Fsp3) is 0.526. The lowest BCUT2D eigenvalue weighted by Crippen LogP contribution is -2.74. The highest BCUT2D eigenvalue weighted by Gasteiger charge is 2.62. The summed E-state index contributed by atoms with van der Waals surface area (Å²) in [6.07, 6.45) is 0.0427. The average molecular weight is 360 g/mol. The van der Waals surface area contributed by atoms with Crippen molar-refractivity contribution in [1.82, 2.24) is 9.80 Å². The summed E-state index contributed by atoms with van der Waals surface area (Å²) >= 11 is 0. The summed E-state index contributed by atoms with van der Waals surface area (Å²) in [5.74, 6) is -0.388. The van der Waals surface area contributed by atoms with Crippen molar-refractivity contribution >= 4 is 18.1 Å². The Balaban J connectivity index is 1.62. The van der Waals surface area contributed by atoms with Crippen LogP contribution >= 0.6 is 0 Å². The molecule has 2 aliphatic rings. The minimum absolute atomic E-state index is 0.149. The van der Waals surface area contributed by atoms with Crippen molar-refractivity contribution in [2.45, 2.75) is 51.4 Å². The van der Waals surface area contributed by atoms with Crippen LogP contribution in [-0.4, -0.2) is 52.1 Å². The number of benzene rings is 1. The van der Waals surface area contributed by atoms with Crippen molar-refractivity contribution in [3.05, 3.63) is 35.9 Å². The van der Waals surface area contributed by atoms with E-state index in [-0.39, 0.29) is 19.1 Å². The quantitative estimate of drug-likeness (QED) is 0.758. The maximum absolute atomic E-state index is 12.7.